The van der Waals surface area contributed by atoms with Crippen LogP contribution in [0.5, 0.6) is 23.0 Å². The lowest BCUT2D eigenvalue weighted by Crippen LogP contribution is -2.28. The summed E-state index contributed by atoms with van der Waals surface area (Å²) in [6.07, 6.45) is 16.3. The molecule has 2 rings (SSSR count). The Morgan fingerprint density at radius 2 is 1.30 bits per heavy atom. The first-order valence-corrected chi connectivity index (χ1v) is 16.0. The van der Waals surface area contributed by atoms with Crippen LogP contribution >= 0.6 is 12.4 Å². The Kier molecular flexibility index (Phi) is 19.6. The van der Waals surface area contributed by atoms with Crippen LogP contribution in [0.3, 0.4) is 0 Å². The minimum Gasteiger partial charge on any atom is -0.497 e. The third-order valence-electron chi connectivity index (χ3n) is 8.45. The molecule has 242 valence electrons. The second kappa shape index (κ2) is 22.0. The number of likely N-dealkylation sites (N-methyl/N-ethyl adjacent to an activating group) is 1. The second-order valence-corrected chi connectivity index (χ2v) is 11.5. The number of rotatable bonds is 23. The van der Waals surface area contributed by atoms with Crippen LogP contribution in [0, 0.1) is 11.3 Å². The van der Waals surface area contributed by atoms with Crippen LogP contribution in [-0.2, 0) is 11.8 Å². The maximum atomic E-state index is 10.7. The first-order chi connectivity index (χ1) is 20.5. The van der Waals surface area contributed by atoms with Crippen molar-refractivity contribution in [2.45, 2.75) is 102 Å². The number of methoxy groups -OCH3 is 4. The van der Waals surface area contributed by atoms with Crippen LogP contribution in [0.1, 0.15) is 102 Å². The summed E-state index contributed by atoms with van der Waals surface area (Å²) in [5, 5.41) is 10.7. The zero-order valence-corrected chi connectivity index (χ0v) is 28.5. The van der Waals surface area contributed by atoms with Gasteiger partial charge in [-0.15, -0.1) is 12.4 Å². The van der Waals surface area contributed by atoms with Gasteiger partial charge in [0.05, 0.1) is 39.9 Å². The first-order valence-electron chi connectivity index (χ1n) is 16.0. The molecule has 0 aliphatic rings. The van der Waals surface area contributed by atoms with Crippen LogP contribution in [-0.4, -0.2) is 53.5 Å². The van der Waals surface area contributed by atoms with Crippen molar-refractivity contribution in [3.63, 3.8) is 0 Å². The van der Waals surface area contributed by atoms with E-state index in [2.05, 4.69) is 37.1 Å². The lowest BCUT2D eigenvalue weighted by atomic mass is 9.73. The smallest absolute Gasteiger partial charge is 0.203 e. The molecule has 0 aliphatic heterocycles. The summed E-state index contributed by atoms with van der Waals surface area (Å²) in [7, 11) is 8.75. The molecule has 0 heterocycles. The molecule has 0 aromatic heterocycles. The summed E-state index contributed by atoms with van der Waals surface area (Å²) < 4.78 is 22.3. The largest absolute Gasteiger partial charge is 0.497 e. The van der Waals surface area contributed by atoms with Crippen LogP contribution in [0.2, 0.25) is 0 Å². The minimum absolute atomic E-state index is 0. The Hall–Kier alpha value is -2.62. The van der Waals surface area contributed by atoms with Gasteiger partial charge in [-0.25, -0.2) is 0 Å². The van der Waals surface area contributed by atoms with E-state index in [4.69, 9.17) is 18.9 Å². The molecule has 0 bridgehead atoms. The van der Waals surface area contributed by atoms with E-state index in [0.29, 0.717) is 17.2 Å². The van der Waals surface area contributed by atoms with E-state index in [1.807, 2.05) is 24.3 Å². The van der Waals surface area contributed by atoms with Gasteiger partial charge in [0.2, 0.25) is 5.75 Å². The molecular weight excluding hydrogens is 560 g/mol. The zero-order chi connectivity index (χ0) is 30.6. The fourth-order valence-electron chi connectivity index (χ4n) is 5.77. The Labute approximate surface area is 268 Å². The highest BCUT2D eigenvalue weighted by molar-refractivity contribution is 5.85. The van der Waals surface area contributed by atoms with Crippen molar-refractivity contribution < 1.29 is 18.9 Å². The van der Waals surface area contributed by atoms with Gasteiger partial charge in [0.25, 0.3) is 0 Å². The maximum Gasteiger partial charge on any atom is 0.203 e. The van der Waals surface area contributed by atoms with Crippen molar-refractivity contribution in [3.8, 4) is 29.1 Å². The third-order valence-corrected chi connectivity index (χ3v) is 8.45. The molecule has 0 N–H and O–H groups in total. The van der Waals surface area contributed by atoms with E-state index in [1.54, 1.807) is 28.4 Å². The average Bonchev–Trinajstić information content (AvgIpc) is 3.03. The number of ether oxygens (including phenoxy) is 4. The molecule has 43 heavy (non-hydrogen) atoms. The van der Waals surface area contributed by atoms with Gasteiger partial charge < -0.3 is 23.8 Å². The van der Waals surface area contributed by atoms with Gasteiger partial charge in [0, 0.05) is 6.54 Å². The zero-order valence-electron chi connectivity index (χ0n) is 27.7. The monoisotopic (exact) mass is 616 g/mol. The van der Waals surface area contributed by atoms with E-state index >= 15 is 0 Å². The number of nitrogens with zero attached hydrogens (tertiary/aromatic N) is 2. The van der Waals surface area contributed by atoms with Gasteiger partial charge in [0.15, 0.2) is 11.5 Å². The van der Waals surface area contributed by atoms with Crippen molar-refractivity contribution in [3.05, 3.63) is 47.5 Å². The normalized spacial score (nSPS) is 12.2. The molecule has 7 heteroatoms. The fraction of sp³-hybridized carbons (Fsp3) is 0.639. The quantitative estimate of drug-likeness (QED) is 0.116. The van der Waals surface area contributed by atoms with Gasteiger partial charge in [-0.1, -0.05) is 83.3 Å². The molecule has 0 radical (unpaired) electrons. The Morgan fingerprint density at radius 3 is 1.84 bits per heavy atom. The van der Waals surface area contributed by atoms with E-state index in [-0.39, 0.29) is 12.4 Å². The maximum absolute atomic E-state index is 10.7. The lowest BCUT2D eigenvalue weighted by molar-refractivity contribution is 0.306. The summed E-state index contributed by atoms with van der Waals surface area (Å²) in [5.74, 6) is 2.66. The van der Waals surface area contributed by atoms with E-state index in [1.165, 1.54) is 56.9 Å². The number of unbranched alkanes of at least 4 members (excludes halogenated alkanes) is 9. The van der Waals surface area contributed by atoms with Gasteiger partial charge in [-0.05, 0) is 74.7 Å². The first kappa shape index (κ1) is 38.4. The molecule has 6 nitrogen and oxygen atoms in total. The van der Waals surface area contributed by atoms with Crippen molar-refractivity contribution in [2.75, 3.05) is 48.6 Å². The van der Waals surface area contributed by atoms with Crippen molar-refractivity contribution >= 4 is 12.4 Å². The number of hydrogen-bond acceptors (Lipinski definition) is 6. The highest BCUT2D eigenvalue weighted by Crippen LogP contribution is 2.44. The van der Waals surface area contributed by atoms with Gasteiger partial charge >= 0.3 is 0 Å². The highest BCUT2D eigenvalue weighted by Gasteiger charge is 2.34. The topological polar surface area (TPSA) is 64.0 Å². The van der Waals surface area contributed by atoms with Gasteiger partial charge in [0.1, 0.15) is 5.75 Å². The van der Waals surface area contributed by atoms with E-state index in [9.17, 15) is 5.26 Å². The predicted molar refractivity (Wildman–Crippen MR) is 181 cm³/mol. The Bertz CT molecular complexity index is 1050. The molecule has 0 amide bonds. The van der Waals surface area contributed by atoms with Crippen LogP contribution < -0.4 is 18.9 Å². The predicted octanol–water partition coefficient (Wildman–Crippen LogP) is 9.17. The number of halogens is 1. The molecule has 2 aromatic rings. The minimum atomic E-state index is -0.610. The van der Waals surface area contributed by atoms with Gasteiger partial charge in [-0.3, -0.25) is 0 Å². The summed E-state index contributed by atoms with van der Waals surface area (Å²) >= 11 is 0. The SMILES string of the molecule is CCCCCCCCCCCCC(C#N)(CCCN(C)CCc1cccc(OC)c1)c1cc(OC)c(OC)c(OC)c1.Cl. The summed E-state index contributed by atoms with van der Waals surface area (Å²) in [6.45, 7) is 4.15. The molecule has 0 saturated heterocycles. The highest BCUT2D eigenvalue weighted by atomic mass is 35.5. The molecule has 1 unspecified atom stereocenters. The summed E-state index contributed by atoms with van der Waals surface area (Å²) in [4.78, 5) is 2.36. The van der Waals surface area contributed by atoms with Crippen molar-refractivity contribution in [1.29, 1.82) is 5.26 Å². The van der Waals surface area contributed by atoms with Crippen molar-refractivity contribution in [2.24, 2.45) is 0 Å². The summed E-state index contributed by atoms with van der Waals surface area (Å²) in [5.41, 5.74) is 1.61. The lowest BCUT2D eigenvalue weighted by Gasteiger charge is -2.30. The molecule has 0 aliphatic carbocycles. The van der Waals surface area contributed by atoms with Crippen LogP contribution in [0.4, 0.5) is 0 Å². The second-order valence-electron chi connectivity index (χ2n) is 11.5. The van der Waals surface area contributed by atoms with Crippen LogP contribution in [0.15, 0.2) is 36.4 Å². The standard InChI is InChI=1S/C36H56N2O4.ClH/c1-7-8-9-10-11-12-13-14-15-16-22-36(29-37,31-27-33(40-4)35(42-6)34(28-31)41-5)23-18-24-38(2)25-21-30-19-17-20-32(26-30)39-3;/h17,19-20,26-28H,7-16,18,21-25H2,1-6H3;1H. The Balaban J connectivity index is 0.00000924. The molecule has 0 saturated carbocycles. The number of nitriles is 1. The average molecular weight is 617 g/mol. The fourth-order valence-corrected chi connectivity index (χ4v) is 5.77. The van der Waals surface area contributed by atoms with Gasteiger partial charge in [-0.2, -0.15) is 5.26 Å². The number of benzene rings is 2. The summed E-state index contributed by atoms with van der Waals surface area (Å²) in [6, 6.07) is 15.0. The third kappa shape index (κ3) is 12.9. The molecule has 0 fully saturated rings. The molecule has 2 aromatic carbocycles. The Morgan fingerprint density at radius 1 is 0.721 bits per heavy atom. The number of hydrogen-bond donors (Lipinski definition) is 0. The van der Waals surface area contributed by atoms with E-state index in [0.717, 1.165) is 62.9 Å². The molecule has 0 spiro atoms. The molecular formula is C36H57ClN2O4. The van der Waals surface area contributed by atoms with E-state index < -0.39 is 5.41 Å². The van der Waals surface area contributed by atoms with Crippen LogP contribution in [0.25, 0.3) is 0 Å². The van der Waals surface area contributed by atoms with Crippen molar-refractivity contribution in [1.82, 2.24) is 4.90 Å². The molecule has 1 atom stereocenters.